The van der Waals surface area contributed by atoms with E-state index in [0.29, 0.717) is 12.4 Å². The minimum Gasteiger partial charge on any atom is -0.299 e. The first-order valence-electron chi connectivity index (χ1n) is 10.3. The number of carbonyl (C=O) groups is 1. The van der Waals surface area contributed by atoms with E-state index in [1.807, 2.05) is 48.2 Å². The summed E-state index contributed by atoms with van der Waals surface area (Å²) in [5.41, 5.74) is 2.27. The van der Waals surface area contributed by atoms with Crippen molar-refractivity contribution in [3.8, 4) is 5.69 Å². The molecule has 0 aliphatic carbocycles. The number of piperidine rings is 1. The summed E-state index contributed by atoms with van der Waals surface area (Å²) in [5.74, 6) is 0.583. The average molecular weight is 390 g/mol. The van der Waals surface area contributed by atoms with Crippen LogP contribution in [0, 0.1) is 0 Å². The molecule has 4 rings (SSSR count). The van der Waals surface area contributed by atoms with Crippen LogP contribution in [0.5, 0.6) is 0 Å². The third kappa shape index (κ3) is 4.54. The lowest BCUT2D eigenvalue weighted by atomic mass is 10.0. The summed E-state index contributed by atoms with van der Waals surface area (Å²) in [7, 11) is 0. The normalized spacial score (nSPS) is 15.3. The SMILES string of the molecule is CCC(=O)N(c1ncn(-c2ccccc2)n1)C1CCN(Cc2ccccc2)CC1. The van der Waals surface area contributed by atoms with Crippen molar-refractivity contribution in [3.63, 3.8) is 0 Å². The summed E-state index contributed by atoms with van der Waals surface area (Å²) in [5, 5.41) is 4.61. The van der Waals surface area contributed by atoms with Crippen molar-refractivity contribution >= 4 is 11.9 Å². The third-order valence-electron chi connectivity index (χ3n) is 5.46. The highest BCUT2D eigenvalue weighted by molar-refractivity contribution is 5.91. The number of rotatable bonds is 6. The highest BCUT2D eigenvalue weighted by Gasteiger charge is 2.30. The van der Waals surface area contributed by atoms with Gasteiger partial charge in [0.1, 0.15) is 6.33 Å². The highest BCUT2D eigenvalue weighted by atomic mass is 16.2. The summed E-state index contributed by atoms with van der Waals surface area (Å²) in [6.07, 6.45) is 3.99. The van der Waals surface area contributed by atoms with Crippen LogP contribution >= 0.6 is 0 Å². The van der Waals surface area contributed by atoms with Gasteiger partial charge >= 0.3 is 0 Å². The fourth-order valence-electron chi connectivity index (χ4n) is 3.90. The van der Waals surface area contributed by atoms with Crippen LogP contribution < -0.4 is 4.90 Å². The van der Waals surface area contributed by atoms with Crippen molar-refractivity contribution in [2.45, 2.75) is 38.8 Å². The van der Waals surface area contributed by atoms with Crippen molar-refractivity contribution in [2.75, 3.05) is 18.0 Å². The number of benzene rings is 2. The van der Waals surface area contributed by atoms with E-state index in [-0.39, 0.29) is 11.9 Å². The van der Waals surface area contributed by atoms with Gasteiger partial charge < -0.3 is 0 Å². The molecule has 6 nitrogen and oxygen atoms in total. The maximum absolute atomic E-state index is 12.8. The first-order chi connectivity index (χ1) is 14.2. The molecule has 1 fully saturated rings. The Kier molecular flexibility index (Phi) is 6.00. The molecule has 1 saturated heterocycles. The Balaban J connectivity index is 1.46. The van der Waals surface area contributed by atoms with Crippen LogP contribution in [0.3, 0.4) is 0 Å². The second kappa shape index (κ2) is 9.01. The number of para-hydroxylation sites is 1. The van der Waals surface area contributed by atoms with Crippen molar-refractivity contribution in [1.82, 2.24) is 19.7 Å². The average Bonchev–Trinajstić information content (AvgIpc) is 3.26. The molecule has 29 heavy (non-hydrogen) atoms. The van der Waals surface area contributed by atoms with Gasteiger partial charge in [-0.2, -0.15) is 4.98 Å². The minimum absolute atomic E-state index is 0.0809. The number of amides is 1. The van der Waals surface area contributed by atoms with E-state index >= 15 is 0 Å². The summed E-state index contributed by atoms with van der Waals surface area (Å²) >= 11 is 0. The van der Waals surface area contributed by atoms with Crippen molar-refractivity contribution in [2.24, 2.45) is 0 Å². The van der Waals surface area contributed by atoms with Gasteiger partial charge in [0.15, 0.2) is 0 Å². The van der Waals surface area contributed by atoms with Gasteiger partial charge in [0.25, 0.3) is 5.95 Å². The Bertz CT molecular complexity index is 917. The molecular weight excluding hydrogens is 362 g/mol. The van der Waals surface area contributed by atoms with E-state index in [2.05, 4.69) is 39.2 Å². The molecule has 1 aliphatic rings. The van der Waals surface area contributed by atoms with Gasteiger partial charge in [0.2, 0.25) is 5.91 Å². The molecule has 6 heteroatoms. The molecule has 0 unspecified atom stereocenters. The molecule has 0 N–H and O–H groups in total. The molecule has 1 aliphatic heterocycles. The number of aromatic nitrogens is 3. The minimum atomic E-state index is 0.0809. The van der Waals surface area contributed by atoms with E-state index < -0.39 is 0 Å². The number of anilines is 1. The fraction of sp³-hybridized carbons (Fsp3) is 0.348. The zero-order valence-electron chi connectivity index (χ0n) is 16.8. The Morgan fingerprint density at radius 1 is 1.03 bits per heavy atom. The van der Waals surface area contributed by atoms with Gasteiger partial charge in [0.05, 0.1) is 5.69 Å². The third-order valence-corrected chi connectivity index (χ3v) is 5.46. The lowest BCUT2D eigenvalue weighted by molar-refractivity contribution is -0.119. The smallest absolute Gasteiger partial charge is 0.252 e. The van der Waals surface area contributed by atoms with Crippen LogP contribution in [0.2, 0.25) is 0 Å². The van der Waals surface area contributed by atoms with Crippen LogP contribution in [0.1, 0.15) is 31.7 Å². The fourth-order valence-corrected chi connectivity index (χ4v) is 3.90. The maximum Gasteiger partial charge on any atom is 0.252 e. The standard InChI is InChI=1S/C23H27N5O/c1-2-22(29)28(23-24-18-27(25-23)20-11-7-4-8-12-20)21-13-15-26(16-14-21)17-19-9-5-3-6-10-19/h3-12,18,21H,2,13-17H2,1H3. The molecule has 3 aromatic rings. The Hall–Kier alpha value is -2.99. The molecule has 1 amide bonds. The highest BCUT2D eigenvalue weighted by Crippen LogP contribution is 2.23. The second-order valence-corrected chi connectivity index (χ2v) is 7.43. The van der Waals surface area contributed by atoms with Crippen LogP contribution in [-0.2, 0) is 11.3 Å². The van der Waals surface area contributed by atoms with Crippen molar-refractivity contribution in [1.29, 1.82) is 0 Å². The molecule has 0 spiro atoms. The monoisotopic (exact) mass is 389 g/mol. The Morgan fingerprint density at radius 3 is 2.34 bits per heavy atom. The quantitative estimate of drug-likeness (QED) is 0.645. The molecule has 150 valence electrons. The van der Waals surface area contributed by atoms with Crippen LogP contribution in [0.25, 0.3) is 5.69 Å². The number of carbonyl (C=O) groups excluding carboxylic acids is 1. The zero-order chi connectivity index (χ0) is 20.1. The van der Waals surface area contributed by atoms with E-state index in [1.54, 1.807) is 11.0 Å². The molecule has 0 radical (unpaired) electrons. The Morgan fingerprint density at radius 2 is 1.69 bits per heavy atom. The van der Waals surface area contributed by atoms with E-state index in [1.165, 1.54) is 5.56 Å². The van der Waals surface area contributed by atoms with E-state index in [4.69, 9.17) is 0 Å². The predicted molar refractivity (Wildman–Crippen MR) is 114 cm³/mol. The Labute approximate surface area is 171 Å². The summed E-state index contributed by atoms with van der Waals surface area (Å²) in [6.45, 7) is 4.78. The summed E-state index contributed by atoms with van der Waals surface area (Å²) < 4.78 is 1.73. The zero-order valence-corrected chi connectivity index (χ0v) is 16.8. The molecule has 0 saturated carbocycles. The molecule has 2 heterocycles. The van der Waals surface area contributed by atoms with Crippen LogP contribution in [0.15, 0.2) is 67.0 Å². The molecule has 2 aromatic carbocycles. The lowest BCUT2D eigenvalue weighted by Gasteiger charge is -2.37. The number of likely N-dealkylation sites (tertiary alicyclic amines) is 1. The summed E-state index contributed by atoms with van der Waals surface area (Å²) in [6, 6.07) is 20.5. The van der Waals surface area contributed by atoms with Gasteiger partial charge in [-0.1, -0.05) is 55.5 Å². The molecule has 1 aromatic heterocycles. The maximum atomic E-state index is 12.8. The number of hydrogen-bond donors (Lipinski definition) is 0. The molecular formula is C23H27N5O. The first kappa shape index (κ1) is 19.3. The van der Waals surface area contributed by atoms with Gasteiger partial charge in [-0.3, -0.25) is 14.6 Å². The second-order valence-electron chi connectivity index (χ2n) is 7.43. The van der Waals surface area contributed by atoms with Crippen molar-refractivity contribution in [3.05, 3.63) is 72.6 Å². The van der Waals surface area contributed by atoms with Crippen LogP contribution in [0.4, 0.5) is 5.95 Å². The topological polar surface area (TPSA) is 54.3 Å². The molecule has 0 atom stereocenters. The lowest BCUT2D eigenvalue weighted by Crippen LogP contribution is -2.47. The predicted octanol–water partition coefficient (Wildman–Crippen LogP) is 3.67. The number of nitrogens with zero attached hydrogens (tertiary/aromatic N) is 5. The van der Waals surface area contributed by atoms with Crippen molar-refractivity contribution < 1.29 is 4.79 Å². The first-order valence-corrected chi connectivity index (χ1v) is 10.3. The summed E-state index contributed by atoms with van der Waals surface area (Å²) in [4.78, 5) is 21.5. The van der Waals surface area contributed by atoms with Gasteiger partial charge in [-0.15, -0.1) is 5.10 Å². The van der Waals surface area contributed by atoms with E-state index in [0.717, 1.165) is 38.2 Å². The van der Waals surface area contributed by atoms with Gasteiger partial charge in [-0.05, 0) is 30.5 Å². The number of hydrogen-bond acceptors (Lipinski definition) is 4. The molecule has 0 bridgehead atoms. The van der Waals surface area contributed by atoms with Crippen LogP contribution in [-0.4, -0.2) is 44.7 Å². The largest absolute Gasteiger partial charge is 0.299 e. The van der Waals surface area contributed by atoms with Gasteiger partial charge in [0, 0.05) is 32.1 Å². The van der Waals surface area contributed by atoms with E-state index in [9.17, 15) is 4.79 Å². The van der Waals surface area contributed by atoms with Gasteiger partial charge in [-0.25, -0.2) is 4.68 Å².